The van der Waals surface area contributed by atoms with Gasteiger partial charge in [-0.25, -0.2) is 0 Å². The van der Waals surface area contributed by atoms with Crippen molar-refractivity contribution in [2.75, 3.05) is 29.6 Å². The Kier molecular flexibility index (Phi) is 5.94. The number of rotatable bonds is 6. The number of fused-ring (bicyclic) bond motifs is 1. The number of benzene rings is 2. The Hall–Kier alpha value is -3.40. The summed E-state index contributed by atoms with van der Waals surface area (Å²) in [6, 6.07) is 14.6. The number of carbonyl (C=O) groups is 2. The van der Waals surface area contributed by atoms with E-state index in [2.05, 4.69) is 20.8 Å². The van der Waals surface area contributed by atoms with E-state index in [0.717, 1.165) is 11.4 Å². The molecule has 0 atom stereocenters. The second-order valence-corrected chi connectivity index (χ2v) is 7.31. The molecule has 0 fully saturated rings. The number of para-hydroxylation sites is 2. The maximum absolute atomic E-state index is 12.7. The summed E-state index contributed by atoms with van der Waals surface area (Å²) >= 11 is 1.43. The number of thioether (sulfide) groups is 1. The zero-order chi connectivity index (χ0) is 20.9. The molecule has 30 heavy (non-hydrogen) atoms. The Labute approximate surface area is 177 Å². The molecule has 0 bridgehead atoms. The van der Waals surface area contributed by atoms with Crippen LogP contribution in [0.15, 0.2) is 53.7 Å². The first-order valence-electron chi connectivity index (χ1n) is 9.40. The van der Waals surface area contributed by atoms with Crippen LogP contribution < -0.4 is 15.0 Å². The third-order valence-corrected chi connectivity index (χ3v) is 5.21. The lowest BCUT2D eigenvalue weighted by atomic mass is 10.2. The minimum Gasteiger partial charge on any atom is -0.490 e. The van der Waals surface area contributed by atoms with E-state index in [1.165, 1.54) is 11.8 Å². The van der Waals surface area contributed by atoms with Gasteiger partial charge >= 0.3 is 0 Å². The Morgan fingerprint density at radius 3 is 2.90 bits per heavy atom. The first kappa shape index (κ1) is 19.9. The van der Waals surface area contributed by atoms with Crippen molar-refractivity contribution in [1.82, 2.24) is 20.2 Å². The minimum absolute atomic E-state index is 0.0868. The molecule has 4 rings (SSSR count). The molecular weight excluding hydrogens is 404 g/mol. The molecule has 3 aromatic rings. The molecular formula is C20H20N6O3S. The zero-order valence-electron chi connectivity index (χ0n) is 16.3. The van der Waals surface area contributed by atoms with Crippen molar-refractivity contribution >= 4 is 35.0 Å². The maximum Gasteiger partial charge on any atom is 0.227 e. The summed E-state index contributed by atoms with van der Waals surface area (Å²) in [5.41, 5.74) is 2.10. The van der Waals surface area contributed by atoms with Gasteiger partial charge in [0.15, 0.2) is 0 Å². The summed E-state index contributed by atoms with van der Waals surface area (Å²) < 4.78 is 7.17. The Morgan fingerprint density at radius 1 is 1.17 bits per heavy atom. The molecule has 154 valence electrons. The number of nitrogens with zero attached hydrogens (tertiary/aromatic N) is 5. The normalized spacial score (nSPS) is 12.8. The second kappa shape index (κ2) is 8.95. The van der Waals surface area contributed by atoms with Crippen molar-refractivity contribution < 1.29 is 14.3 Å². The minimum atomic E-state index is -0.233. The molecule has 1 aliphatic rings. The summed E-state index contributed by atoms with van der Waals surface area (Å²) in [4.78, 5) is 26.7. The van der Waals surface area contributed by atoms with Crippen molar-refractivity contribution in [3.63, 3.8) is 0 Å². The van der Waals surface area contributed by atoms with Crippen LogP contribution >= 0.6 is 11.8 Å². The third-order valence-electron chi connectivity index (χ3n) is 4.59. The van der Waals surface area contributed by atoms with Gasteiger partial charge in [-0.2, -0.15) is 4.68 Å². The molecule has 1 aliphatic heterocycles. The van der Waals surface area contributed by atoms with Gasteiger partial charge in [0, 0.05) is 18.5 Å². The van der Waals surface area contributed by atoms with Crippen LogP contribution in [0.1, 0.15) is 12.8 Å². The highest BCUT2D eigenvalue weighted by Crippen LogP contribution is 2.31. The molecule has 10 heteroatoms. The first-order valence-corrected chi connectivity index (χ1v) is 10.6. The molecule has 1 aromatic heterocycles. The SMILES string of the molecule is CSc1nnnn1-c1cccc(NC(=O)CCC(=O)N2CCOc3ccccc32)c1. The molecule has 0 spiro atoms. The lowest BCUT2D eigenvalue weighted by Crippen LogP contribution is -2.38. The molecule has 0 aliphatic carbocycles. The third kappa shape index (κ3) is 4.28. The lowest BCUT2D eigenvalue weighted by molar-refractivity contribution is -0.122. The average Bonchev–Trinajstić information content (AvgIpc) is 3.26. The van der Waals surface area contributed by atoms with Crippen molar-refractivity contribution in [3.05, 3.63) is 48.5 Å². The average molecular weight is 424 g/mol. The smallest absolute Gasteiger partial charge is 0.227 e. The van der Waals surface area contributed by atoms with E-state index in [1.54, 1.807) is 21.7 Å². The van der Waals surface area contributed by atoms with Gasteiger partial charge in [0.25, 0.3) is 0 Å². The fraction of sp³-hybridized carbons (Fsp3) is 0.250. The van der Waals surface area contributed by atoms with Gasteiger partial charge in [-0.3, -0.25) is 9.59 Å². The van der Waals surface area contributed by atoms with Crippen LogP contribution in [-0.4, -0.2) is 51.4 Å². The van der Waals surface area contributed by atoms with Crippen LogP contribution in [0.3, 0.4) is 0 Å². The number of carbonyl (C=O) groups excluding carboxylic acids is 2. The monoisotopic (exact) mass is 424 g/mol. The van der Waals surface area contributed by atoms with Gasteiger partial charge in [0.05, 0.1) is 17.9 Å². The van der Waals surface area contributed by atoms with Gasteiger partial charge in [-0.05, 0) is 47.0 Å². The van der Waals surface area contributed by atoms with Crippen LogP contribution in [0.25, 0.3) is 5.69 Å². The molecule has 0 saturated heterocycles. The predicted octanol–water partition coefficient (Wildman–Crippen LogP) is 2.53. The number of nitrogens with one attached hydrogen (secondary N) is 1. The second-order valence-electron chi connectivity index (χ2n) is 6.54. The summed E-state index contributed by atoms with van der Waals surface area (Å²) in [5, 5.41) is 15.1. The lowest BCUT2D eigenvalue weighted by Gasteiger charge is -2.29. The summed E-state index contributed by atoms with van der Waals surface area (Å²) in [5.74, 6) is 0.349. The summed E-state index contributed by atoms with van der Waals surface area (Å²) in [7, 11) is 0. The molecule has 2 amide bonds. The molecule has 9 nitrogen and oxygen atoms in total. The topological polar surface area (TPSA) is 102 Å². The number of hydrogen-bond donors (Lipinski definition) is 1. The van der Waals surface area contributed by atoms with E-state index < -0.39 is 0 Å². The summed E-state index contributed by atoms with van der Waals surface area (Å²) in [6.45, 7) is 0.917. The van der Waals surface area contributed by atoms with Gasteiger partial charge in [-0.15, -0.1) is 5.10 Å². The maximum atomic E-state index is 12.7. The predicted molar refractivity (Wildman–Crippen MR) is 113 cm³/mol. The van der Waals surface area contributed by atoms with E-state index in [9.17, 15) is 9.59 Å². The van der Waals surface area contributed by atoms with Crippen LogP contribution in [0.2, 0.25) is 0 Å². The summed E-state index contributed by atoms with van der Waals surface area (Å²) in [6.07, 6.45) is 2.09. The molecule has 0 saturated carbocycles. The molecule has 0 radical (unpaired) electrons. The molecule has 1 N–H and O–H groups in total. The number of aromatic nitrogens is 4. The number of amides is 2. The Morgan fingerprint density at radius 2 is 2.03 bits per heavy atom. The van der Waals surface area contributed by atoms with Gasteiger partial charge in [0.2, 0.25) is 17.0 Å². The Balaban J connectivity index is 1.37. The highest BCUT2D eigenvalue weighted by Gasteiger charge is 2.23. The van der Waals surface area contributed by atoms with Crippen LogP contribution in [0.4, 0.5) is 11.4 Å². The number of anilines is 2. The molecule has 2 aromatic carbocycles. The van der Waals surface area contributed by atoms with E-state index in [0.29, 0.717) is 29.7 Å². The largest absolute Gasteiger partial charge is 0.490 e. The number of ether oxygens (including phenoxy) is 1. The number of tetrazole rings is 1. The highest BCUT2D eigenvalue weighted by molar-refractivity contribution is 7.98. The Bertz CT molecular complexity index is 1070. The van der Waals surface area contributed by atoms with E-state index in [-0.39, 0.29) is 24.7 Å². The van der Waals surface area contributed by atoms with E-state index in [4.69, 9.17) is 4.74 Å². The zero-order valence-corrected chi connectivity index (χ0v) is 17.1. The standard InChI is InChI=1S/C20H20N6O3S/c1-30-20-22-23-24-26(20)15-6-4-5-14(13-15)21-18(27)9-10-19(28)25-11-12-29-17-8-3-2-7-16(17)25/h2-8,13H,9-12H2,1H3,(H,21,27). The van der Waals surface area contributed by atoms with Crippen molar-refractivity contribution in [1.29, 1.82) is 0 Å². The van der Waals surface area contributed by atoms with Crippen LogP contribution in [-0.2, 0) is 9.59 Å². The molecule has 2 heterocycles. The van der Waals surface area contributed by atoms with E-state index >= 15 is 0 Å². The van der Waals surface area contributed by atoms with Crippen molar-refractivity contribution in [2.45, 2.75) is 18.0 Å². The van der Waals surface area contributed by atoms with Crippen molar-refractivity contribution in [2.24, 2.45) is 0 Å². The highest BCUT2D eigenvalue weighted by atomic mass is 32.2. The quantitative estimate of drug-likeness (QED) is 0.607. The molecule has 0 unspecified atom stereocenters. The van der Waals surface area contributed by atoms with Crippen LogP contribution in [0.5, 0.6) is 5.75 Å². The number of hydrogen-bond acceptors (Lipinski definition) is 7. The van der Waals surface area contributed by atoms with Crippen molar-refractivity contribution in [3.8, 4) is 11.4 Å². The van der Waals surface area contributed by atoms with Gasteiger partial charge in [-0.1, -0.05) is 30.0 Å². The first-order chi connectivity index (χ1) is 14.7. The van der Waals surface area contributed by atoms with Gasteiger partial charge < -0.3 is 15.0 Å². The fourth-order valence-corrected chi connectivity index (χ4v) is 3.62. The fourth-order valence-electron chi connectivity index (χ4n) is 3.19. The van der Waals surface area contributed by atoms with Gasteiger partial charge in [0.1, 0.15) is 12.4 Å². The van der Waals surface area contributed by atoms with Crippen LogP contribution in [0, 0.1) is 0 Å². The van der Waals surface area contributed by atoms with E-state index in [1.807, 2.05) is 42.7 Å².